The number of piperidine rings is 1. The first-order valence-electron chi connectivity index (χ1n) is 7.31. The summed E-state index contributed by atoms with van der Waals surface area (Å²) in [6, 6.07) is 8.10. The molecular formula is C16H21N2O3-. The number of aliphatic carboxylic acids is 1. The largest absolute Gasteiger partial charge is 0.546 e. The highest BCUT2D eigenvalue weighted by Crippen LogP contribution is 2.22. The minimum Gasteiger partial charge on any atom is -0.546 e. The van der Waals surface area contributed by atoms with Crippen molar-refractivity contribution in [3.8, 4) is 5.75 Å². The van der Waals surface area contributed by atoms with Crippen LogP contribution in [0.5, 0.6) is 5.75 Å². The molecule has 2 atom stereocenters. The number of hydrogen-bond acceptors (Lipinski definition) is 5. The fourth-order valence-corrected chi connectivity index (χ4v) is 2.56. The van der Waals surface area contributed by atoms with Crippen LogP contribution in [0, 0.1) is 0 Å². The lowest BCUT2D eigenvalue weighted by molar-refractivity contribution is -0.307. The third-order valence-corrected chi connectivity index (χ3v) is 3.72. The summed E-state index contributed by atoms with van der Waals surface area (Å²) >= 11 is 0. The standard InChI is InChI=1S/C16H22N2O3/c1-12-4-3-5-13(2)18(12)17-10-14-6-8-15(9-7-14)21-11-16(19)20/h6-10,12-13H,3-5,11H2,1-2H3,(H,19,20)/p-1/b17-10-/t12-,13-/m1/s1. The van der Waals surface area contributed by atoms with E-state index in [1.165, 1.54) is 19.3 Å². The number of carboxylic acid groups (broad SMARTS) is 1. The van der Waals surface area contributed by atoms with Gasteiger partial charge in [-0.25, -0.2) is 0 Å². The number of nitrogens with zero attached hydrogens (tertiary/aromatic N) is 2. The quantitative estimate of drug-likeness (QED) is 0.769. The highest BCUT2D eigenvalue weighted by molar-refractivity contribution is 5.79. The van der Waals surface area contributed by atoms with E-state index in [9.17, 15) is 9.90 Å². The number of carbonyl (C=O) groups is 1. The van der Waals surface area contributed by atoms with Crippen molar-refractivity contribution in [1.29, 1.82) is 0 Å². The van der Waals surface area contributed by atoms with Crippen LogP contribution in [0.1, 0.15) is 38.7 Å². The van der Waals surface area contributed by atoms with Crippen molar-refractivity contribution < 1.29 is 14.6 Å². The van der Waals surface area contributed by atoms with Crippen molar-refractivity contribution >= 4 is 12.2 Å². The summed E-state index contributed by atoms with van der Waals surface area (Å²) in [6.07, 6.45) is 5.45. The molecule has 0 aromatic heterocycles. The Labute approximate surface area is 125 Å². The van der Waals surface area contributed by atoms with Crippen LogP contribution in [0.25, 0.3) is 0 Å². The number of ether oxygens (including phenoxy) is 1. The van der Waals surface area contributed by atoms with Crippen molar-refractivity contribution in [3.05, 3.63) is 29.8 Å². The zero-order valence-electron chi connectivity index (χ0n) is 12.5. The van der Waals surface area contributed by atoms with Crippen LogP contribution < -0.4 is 9.84 Å². The van der Waals surface area contributed by atoms with Crippen LogP contribution in [0.2, 0.25) is 0 Å². The molecule has 0 bridgehead atoms. The molecule has 2 rings (SSSR count). The molecule has 1 aromatic rings. The topological polar surface area (TPSA) is 65.0 Å². The average Bonchev–Trinajstić information content (AvgIpc) is 2.46. The number of rotatable bonds is 5. The van der Waals surface area contributed by atoms with Gasteiger partial charge in [-0.2, -0.15) is 5.10 Å². The lowest BCUT2D eigenvalue weighted by Crippen LogP contribution is -2.39. The number of hydrazone groups is 1. The van der Waals surface area contributed by atoms with Crippen LogP contribution in [0.3, 0.4) is 0 Å². The molecule has 5 nitrogen and oxygen atoms in total. The van der Waals surface area contributed by atoms with Gasteiger partial charge < -0.3 is 14.6 Å². The Morgan fingerprint density at radius 3 is 2.52 bits per heavy atom. The van der Waals surface area contributed by atoms with E-state index in [0.29, 0.717) is 17.8 Å². The smallest absolute Gasteiger partial charge is 0.128 e. The van der Waals surface area contributed by atoms with Crippen LogP contribution in [-0.2, 0) is 4.79 Å². The summed E-state index contributed by atoms with van der Waals surface area (Å²) in [5, 5.41) is 17.1. The molecule has 114 valence electrons. The SMILES string of the molecule is C[C@@H]1CCC[C@@H](C)N1/N=C\c1ccc(OCC(=O)[O-])cc1. The second-order valence-electron chi connectivity index (χ2n) is 5.48. The van der Waals surface area contributed by atoms with Crippen LogP contribution in [0.15, 0.2) is 29.4 Å². The van der Waals surface area contributed by atoms with E-state index < -0.39 is 12.6 Å². The van der Waals surface area contributed by atoms with Gasteiger partial charge in [-0.15, -0.1) is 0 Å². The minimum atomic E-state index is -1.23. The van der Waals surface area contributed by atoms with E-state index >= 15 is 0 Å². The summed E-state index contributed by atoms with van der Waals surface area (Å²) < 4.78 is 5.03. The van der Waals surface area contributed by atoms with Crippen molar-refractivity contribution in [1.82, 2.24) is 5.01 Å². The molecule has 0 N–H and O–H groups in total. The predicted octanol–water partition coefficient (Wildman–Crippen LogP) is 1.41. The van der Waals surface area contributed by atoms with E-state index in [1.54, 1.807) is 12.1 Å². The summed E-state index contributed by atoms with van der Waals surface area (Å²) in [7, 11) is 0. The van der Waals surface area contributed by atoms with Gasteiger partial charge in [0.05, 0.1) is 12.2 Å². The maximum atomic E-state index is 10.3. The van der Waals surface area contributed by atoms with E-state index in [0.717, 1.165) is 5.56 Å². The second-order valence-corrected chi connectivity index (χ2v) is 5.48. The fraction of sp³-hybridized carbons (Fsp3) is 0.500. The third-order valence-electron chi connectivity index (χ3n) is 3.72. The Morgan fingerprint density at radius 1 is 1.33 bits per heavy atom. The Balaban J connectivity index is 1.95. The highest BCUT2D eigenvalue weighted by atomic mass is 16.5. The molecular weight excluding hydrogens is 268 g/mol. The Hall–Kier alpha value is -2.04. The van der Waals surface area contributed by atoms with Gasteiger partial charge in [0, 0.05) is 12.1 Å². The molecule has 1 heterocycles. The molecule has 0 radical (unpaired) electrons. The molecule has 1 aliphatic heterocycles. The molecule has 1 aromatic carbocycles. The highest BCUT2D eigenvalue weighted by Gasteiger charge is 2.22. The average molecular weight is 289 g/mol. The van der Waals surface area contributed by atoms with E-state index in [2.05, 4.69) is 24.0 Å². The van der Waals surface area contributed by atoms with Gasteiger partial charge in [0.15, 0.2) is 0 Å². The monoisotopic (exact) mass is 289 g/mol. The lowest BCUT2D eigenvalue weighted by atomic mass is 10.00. The maximum Gasteiger partial charge on any atom is 0.128 e. The van der Waals surface area contributed by atoms with Crippen molar-refractivity contribution in [2.45, 2.75) is 45.2 Å². The molecule has 0 saturated carbocycles. The molecule has 5 heteroatoms. The lowest BCUT2D eigenvalue weighted by Gasteiger charge is -2.36. The zero-order valence-corrected chi connectivity index (χ0v) is 12.5. The Bertz CT molecular complexity index is 489. The molecule has 0 spiro atoms. The third kappa shape index (κ3) is 4.48. The first-order valence-corrected chi connectivity index (χ1v) is 7.31. The van der Waals surface area contributed by atoms with Gasteiger partial charge in [-0.3, -0.25) is 5.01 Å². The number of carboxylic acids is 1. The first-order chi connectivity index (χ1) is 10.1. The minimum absolute atomic E-state index is 0.434. The van der Waals surface area contributed by atoms with Crippen LogP contribution >= 0.6 is 0 Å². The molecule has 0 aliphatic carbocycles. The van der Waals surface area contributed by atoms with Gasteiger partial charge in [0.25, 0.3) is 0 Å². The fourth-order valence-electron chi connectivity index (χ4n) is 2.56. The Kier molecular flexibility index (Phi) is 5.20. The normalized spacial score (nSPS) is 22.5. The van der Waals surface area contributed by atoms with Crippen LogP contribution in [0.4, 0.5) is 0 Å². The van der Waals surface area contributed by atoms with Crippen molar-refractivity contribution in [2.75, 3.05) is 6.61 Å². The summed E-state index contributed by atoms with van der Waals surface area (Å²) in [5.74, 6) is -0.718. The predicted molar refractivity (Wildman–Crippen MR) is 79.2 cm³/mol. The van der Waals surface area contributed by atoms with Crippen molar-refractivity contribution in [3.63, 3.8) is 0 Å². The first kappa shape index (κ1) is 15.4. The number of carbonyl (C=O) groups excluding carboxylic acids is 1. The Morgan fingerprint density at radius 2 is 1.95 bits per heavy atom. The van der Waals surface area contributed by atoms with Gasteiger partial charge in [0.1, 0.15) is 12.4 Å². The molecule has 1 aliphatic rings. The van der Waals surface area contributed by atoms with Gasteiger partial charge >= 0.3 is 0 Å². The molecule has 1 fully saturated rings. The summed E-state index contributed by atoms with van der Waals surface area (Å²) in [5.41, 5.74) is 0.959. The summed E-state index contributed by atoms with van der Waals surface area (Å²) in [4.78, 5) is 10.3. The molecule has 0 amide bonds. The number of hydrogen-bond donors (Lipinski definition) is 0. The maximum absolute atomic E-state index is 10.3. The van der Waals surface area contributed by atoms with E-state index in [4.69, 9.17) is 4.74 Å². The van der Waals surface area contributed by atoms with E-state index in [-0.39, 0.29) is 0 Å². The van der Waals surface area contributed by atoms with Gasteiger partial charge in [-0.1, -0.05) is 0 Å². The summed E-state index contributed by atoms with van der Waals surface area (Å²) in [6.45, 7) is 3.96. The van der Waals surface area contributed by atoms with Gasteiger partial charge in [0.2, 0.25) is 0 Å². The van der Waals surface area contributed by atoms with Gasteiger partial charge in [-0.05, 0) is 62.9 Å². The molecule has 21 heavy (non-hydrogen) atoms. The zero-order chi connectivity index (χ0) is 15.2. The molecule has 0 unspecified atom stereocenters. The second kappa shape index (κ2) is 7.11. The van der Waals surface area contributed by atoms with Crippen LogP contribution in [-0.4, -0.2) is 35.9 Å². The number of benzene rings is 1. The van der Waals surface area contributed by atoms with E-state index in [1.807, 2.05) is 18.3 Å². The molecule has 1 saturated heterocycles. The van der Waals surface area contributed by atoms with Crippen molar-refractivity contribution in [2.24, 2.45) is 5.10 Å².